The Bertz CT molecular complexity index is 583. The van der Waals surface area contributed by atoms with Crippen molar-refractivity contribution in [1.29, 1.82) is 0 Å². The van der Waals surface area contributed by atoms with E-state index in [9.17, 15) is 4.79 Å². The number of aromatic nitrogens is 1. The minimum absolute atomic E-state index is 0.000504. The highest BCUT2D eigenvalue weighted by molar-refractivity contribution is 5.92. The SMILES string of the molecule is O=C(NC1CNCc2ccccc21)c1ccccn1. The lowest BCUT2D eigenvalue weighted by molar-refractivity contribution is 0.0929. The minimum atomic E-state index is -0.135. The Balaban J connectivity index is 1.80. The van der Waals surface area contributed by atoms with Crippen molar-refractivity contribution in [3.63, 3.8) is 0 Å². The number of carbonyl (C=O) groups is 1. The van der Waals surface area contributed by atoms with E-state index in [2.05, 4.69) is 27.8 Å². The van der Waals surface area contributed by atoms with Crippen LogP contribution in [0.3, 0.4) is 0 Å². The summed E-state index contributed by atoms with van der Waals surface area (Å²) in [6.45, 7) is 1.60. The fourth-order valence-electron chi connectivity index (χ4n) is 2.35. The molecule has 0 aliphatic carbocycles. The largest absolute Gasteiger partial charge is 0.343 e. The Labute approximate surface area is 111 Å². The summed E-state index contributed by atoms with van der Waals surface area (Å²) in [6.07, 6.45) is 1.63. The van der Waals surface area contributed by atoms with Crippen molar-refractivity contribution in [2.75, 3.05) is 6.54 Å². The van der Waals surface area contributed by atoms with Crippen LogP contribution in [-0.4, -0.2) is 17.4 Å². The van der Waals surface area contributed by atoms with Gasteiger partial charge in [-0.2, -0.15) is 0 Å². The van der Waals surface area contributed by atoms with Gasteiger partial charge in [-0.25, -0.2) is 0 Å². The number of pyridine rings is 1. The number of nitrogens with zero attached hydrogens (tertiary/aromatic N) is 1. The fraction of sp³-hybridized carbons (Fsp3) is 0.200. The number of hydrogen-bond donors (Lipinski definition) is 2. The van der Waals surface area contributed by atoms with Crippen molar-refractivity contribution in [1.82, 2.24) is 15.6 Å². The molecule has 1 unspecified atom stereocenters. The molecule has 2 N–H and O–H groups in total. The van der Waals surface area contributed by atoms with E-state index in [4.69, 9.17) is 0 Å². The average molecular weight is 253 g/mol. The lowest BCUT2D eigenvalue weighted by Gasteiger charge is -2.27. The van der Waals surface area contributed by atoms with E-state index in [0.29, 0.717) is 5.69 Å². The van der Waals surface area contributed by atoms with Crippen LogP contribution in [0.5, 0.6) is 0 Å². The van der Waals surface area contributed by atoms with Gasteiger partial charge in [-0.05, 0) is 23.3 Å². The zero-order valence-electron chi connectivity index (χ0n) is 10.5. The zero-order valence-corrected chi connectivity index (χ0v) is 10.5. The molecule has 0 saturated heterocycles. The molecule has 0 radical (unpaired) electrons. The Hall–Kier alpha value is -2.20. The summed E-state index contributed by atoms with van der Waals surface area (Å²) in [7, 11) is 0. The number of benzene rings is 1. The third-order valence-electron chi connectivity index (χ3n) is 3.30. The summed E-state index contributed by atoms with van der Waals surface area (Å²) in [6, 6.07) is 13.5. The maximum Gasteiger partial charge on any atom is 0.270 e. The second-order valence-electron chi connectivity index (χ2n) is 4.57. The van der Waals surface area contributed by atoms with E-state index < -0.39 is 0 Å². The van der Waals surface area contributed by atoms with Gasteiger partial charge in [-0.1, -0.05) is 30.3 Å². The van der Waals surface area contributed by atoms with Gasteiger partial charge in [0.05, 0.1) is 6.04 Å². The van der Waals surface area contributed by atoms with E-state index in [1.807, 2.05) is 18.2 Å². The van der Waals surface area contributed by atoms with Crippen molar-refractivity contribution < 1.29 is 4.79 Å². The first-order valence-electron chi connectivity index (χ1n) is 6.35. The van der Waals surface area contributed by atoms with Gasteiger partial charge < -0.3 is 10.6 Å². The first-order valence-corrected chi connectivity index (χ1v) is 6.35. The van der Waals surface area contributed by atoms with Crippen LogP contribution >= 0.6 is 0 Å². The summed E-state index contributed by atoms with van der Waals surface area (Å²) >= 11 is 0. The fourth-order valence-corrected chi connectivity index (χ4v) is 2.35. The number of rotatable bonds is 2. The molecule has 0 bridgehead atoms. The van der Waals surface area contributed by atoms with Crippen molar-refractivity contribution in [3.05, 3.63) is 65.5 Å². The Morgan fingerprint density at radius 1 is 1.21 bits per heavy atom. The van der Waals surface area contributed by atoms with Crippen LogP contribution in [-0.2, 0) is 6.54 Å². The molecule has 2 heterocycles. The lowest BCUT2D eigenvalue weighted by Crippen LogP contribution is -2.39. The molecule has 4 nitrogen and oxygen atoms in total. The molecule has 96 valence electrons. The second-order valence-corrected chi connectivity index (χ2v) is 4.57. The van der Waals surface area contributed by atoms with Crippen molar-refractivity contribution in [2.24, 2.45) is 0 Å². The van der Waals surface area contributed by atoms with Crippen LogP contribution in [0, 0.1) is 0 Å². The Morgan fingerprint density at radius 2 is 2.05 bits per heavy atom. The zero-order chi connectivity index (χ0) is 13.1. The normalized spacial score (nSPS) is 17.6. The molecule has 0 spiro atoms. The minimum Gasteiger partial charge on any atom is -0.343 e. The van der Waals surface area contributed by atoms with Gasteiger partial charge in [-0.15, -0.1) is 0 Å². The third kappa shape index (κ3) is 2.48. The molecule has 1 amide bonds. The molecule has 4 heteroatoms. The monoisotopic (exact) mass is 253 g/mol. The second kappa shape index (κ2) is 5.20. The summed E-state index contributed by atoms with van der Waals surface area (Å²) in [5.74, 6) is -0.135. The molecule has 19 heavy (non-hydrogen) atoms. The van der Waals surface area contributed by atoms with Crippen molar-refractivity contribution >= 4 is 5.91 Å². The standard InChI is InChI=1S/C15H15N3O/c19-15(13-7-3-4-8-17-13)18-14-10-16-9-11-5-1-2-6-12(11)14/h1-8,14,16H,9-10H2,(H,18,19). The maximum atomic E-state index is 12.1. The highest BCUT2D eigenvalue weighted by atomic mass is 16.1. The van der Waals surface area contributed by atoms with Gasteiger partial charge in [0.2, 0.25) is 0 Å². The van der Waals surface area contributed by atoms with Gasteiger partial charge in [0, 0.05) is 19.3 Å². The van der Waals surface area contributed by atoms with Crippen LogP contribution in [0.4, 0.5) is 0 Å². The van der Waals surface area contributed by atoms with E-state index in [0.717, 1.165) is 13.1 Å². The van der Waals surface area contributed by atoms with Gasteiger partial charge in [0.25, 0.3) is 5.91 Å². The predicted molar refractivity (Wildman–Crippen MR) is 72.6 cm³/mol. The van der Waals surface area contributed by atoms with Crippen LogP contribution in [0.1, 0.15) is 27.7 Å². The summed E-state index contributed by atoms with van der Waals surface area (Å²) < 4.78 is 0. The van der Waals surface area contributed by atoms with Crippen molar-refractivity contribution in [2.45, 2.75) is 12.6 Å². The Kier molecular flexibility index (Phi) is 3.25. The average Bonchev–Trinajstić information content (AvgIpc) is 2.48. The maximum absolute atomic E-state index is 12.1. The number of carbonyl (C=O) groups excluding carboxylic acids is 1. The highest BCUT2D eigenvalue weighted by Gasteiger charge is 2.21. The highest BCUT2D eigenvalue weighted by Crippen LogP contribution is 2.21. The molecule has 1 aromatic carbocycles. The number of hydrogen-bond acceptors (Lipinski definition) is 3. The molecule has 2 aromatic rings. The quantitative estimate of drug-likeness (QED) is 0.855. The van der Waals surface area contributed by atoms with E-state index in [-0.39, 0.29) is 11.9 Å². The smallest absolute Gasteiger partial charge is 0.270 e. The number of amides is 1. The van der Waals surface area contributed by atoms with Gasteiger partial charge in [0.15, 0.2) is 0 Å². The van der Waals surface area contributed by atoms with Gasteiger partial charge in [0.1, 0.15) is 5.69 Å². The van der Waals surface area contributed by atoms with Crippen LogP contribution in [0.25, 0.3) is 0 Å². The molecular weight excluding hydrogens is 238 g/mol. The topological polar surface area (TPSA) is 54.0 Å². The van der Waals surface area contributed by atoms with Crippen LogP contribution < -0.4 is 10.6 Å². The molecule has 3 rings (SSSR count). The number of fused-ring (bicyclic) bond motifs is 1. The summed E-state index contributed by atoms with van der Waals surface area (Å²) in [5.41, 5.74) is 2.87. The molecule has 1 atom stereocenters. The third-order valence-corrected chi connectivity index (χ3v) is 3.30. The number of nitrogens with one attached hydrogen (secondary N) is 2. The summed E-state index contributed by atoms with van der Waals surface area (Å²) in [4.78, 5) is 16.2. The van der Waals surface area contributed by atoms with Gasteiger partial charge >= 0.3 is 0 Å². The molecule has 1 aliphatic heterocycles. The van der Waals surface area contributed by atoms with Crippen LogP contribution in [0.15, 0.2) is 48.7 Å². The first-order chi connectivity index (χ1) is 9.34. The molecule has 1 aromatic heterocycles. The molecule has 0 saturated carbocycles. The molecule has 0 fully saturated rings. The summed E-state index contributed by atoms with van der Waals surface area (Å²) in [5, 5.41) is 6.34. The van der Waals surface area contributed by atoms with Crippen molar-refractivity contribution in [3.8, 4) is 0 Å². The first kappa shape index (κ1) is 11.9. The lowest BCUT2D eigenvalue weighted by atomic mass is 9.96. The Morgan fingerprint density at radius 3 is 2.89 bits per heavy atom. The molecular formula is C15H15N3O. The van der Waals surface area contributed by atoms with E-state index in [1.165, 1.54) is 11.1 Å². The van der Waals surface area contributed by atoms with Crippen LogP contribution in [0.2, 0.25) is 0 Å². The molecule has 1 aliphatic rings. The predicted octanol–water partition coefficient (Wildman–Crippen LogP) is 1.66. The van der Waals surface area contributed by atoms with E-state index in [1.54, 1.807) is 18.3 Å². The van der Waals surface area contributed by atoms with Gasteiger partial charge in [-0.3, -0.25) is 9.78 Å². The van der Waals surface area contributed by atoms with E-state index >= 15 is 0 Å².